The summed E-state index contributed by atoms with van der Waals surface area (Å²) in [5.41, 5.74) is 3.95. The van der Waals surface area contributed by atoms with Crippen molar-refractivity contribution in [2.24, 2.45) is 0 Å². The third-order valence-corrected chi connectivity index (χ3v) is 4.75. The molecule has 140 valence electrons. The van der Waals surface area contributed by atoms with Gasteiger partial charge >= 0.3 is 6.61 Å². The normalized spacial score (nSPS) is 16.2. The highest BCUT2D eigenvalue weighted by atomic mass is 19.3. The van der Waals surface area contributed by atoms with Crippen LogP contribution in [-0.2, 0) is 13.1 Å². The second-order valence-corrected chi connectivity index (χ2v) is 6.85. The smallest absolute Gasteiger partial charge is 0.387 e. The van der Waals surface area contributed by atoms with Gasteiger partial charge in [-0.2, -0.15) is 8.78 Å². The van der Waals surface area contributed by atoms with Gasteiger partial charge < -0.3 is 4.74 Å². The van der Waals surface area contributed by atoms with Gasteiger partial charge in [-0.3, -0.25) is 14.8 Å². The third-order valence-electron chi connectivity index (χ3n) is 4.75. The number of rotatable bonds is 6. The lowest BCUT2D eigenvalue weighted by Crippen LogP contribution is -2.45. The number of benzene rings is 1. The minimum Gasteiger partial charge on any atom is -0.434 e. The highest BCUT2D eigenvalue weighted by Crippen LogP contribution is 2.27. The summed E-state index contributed by atoms with van der Waals surface area (Å²) in [4.78, 5) is 8.91. The number of aromatic nitrogens is 1. The Labute approximate surface area is 153 Å². The second-order valence-electron chi connectivity index (χ2n) is 6.85. The maximum absolute atomic E-state index is 12.5. The molecule has 0 spiro atoms. The summed E-state index contributed by atoms with van der Waals surface area (Å²) in [7, 11) is 0. The molecular weight excluding hydrogens is 336 g/mol. The van der Waals surface area contributed by atoms with E-state index in [4.69, 9.17) is 0 Å². The maximum Gasteiger partial charge on any atom is 0.387 e. The molecule has 1 aliphatic heterocycles. The first kappa shape index (κ1) is 18.7. The molecule has 6 heteroatoms. The zero-order chi connectivity index (χ0) is 18.5. The van der Waals surface area contributed by atoms with E-state index in [1.165, 1.54) is 5.56 Å². The molecule has 0 saturated carbocycles. The van der Waals surface area contributed by atoms with E-state index in [1.807, 2.05) is 38.4 Å². The van der Waals surface area contributed by atoms with Gasteiger partial charge in [0.05, 0.1) is 0 Å². The van der Waals surface area contributed by atoms with E-state index < -0.39 is 6.61 Å². The summed E-state index contributed by atoms with van der Waals surface area (Å²) in [5.74, 6) is 0.297. The van der Waals surface area contributed by atoms with Gasteiger partial charge in [0.1, 0.15) is 5.75 Å². The number of halogens is 2. The number of ether oxygens (including phenoxy) is 1. The van der Waals surface area contributed by atoms with Crippen molar-refractivity contribution in [2.75, 3.05) is 26.2 Å². The Morgan fingerprint density at radius 3 is 1.92 bits per heavy atom. The number of hydrogen-bond donors (Lipinski definition) is 0. The van der Waals surface area contributed by atoms with Gasteiger partial charge in [0.2, 0.25) is 0 Å². The SMILES string of the molecule is Cc1cc(CN2CCN(Cc3ccncc3)CC2)cc(C)c1OC(F)F. The Morgan fingerprint density at radius 2 is 1.42 bits per heavy atom. The van der Waals surface area contributed by atoms with Crippen molar-refractivity contribution < 1.29 is 13.5 Å². The van der Waals surface area contributed by atoms with Crippen molar-refractivity contribution in [1.82, 2.24) is 14.8 Å². The quantitative estimate of drug-likeness (QED) is 0.786. The van der Waals surface area contributed by atoms with Crippen molar-refractivity contribution in [2.45, 2.75) is 33.5 Å². The Bertz CT molecular complexity index is 693. The molecule has 0 aliphatic carbocycles. The number of alkyl halides is 2. The van der Waals surface area contributed by atoms with Gasteiger partial charge in [0, 0.05) is 51.7 Å². The predicted octanol–water partition coefficient (Wildman–Crippen LogP) is 3.62. The topological polar surface area (TPSA) is 28.6 Å². The van der Waals surface area contributed by atoms with Gasteiger partial charge in [0.25, 0.3) is 0 Å². The highest BCUT2D eigenvalue weighted by molar-refractivity contribution is 5.43. The molecule has 0 atom stereocenters. The van der Waals surface area contributed by atoms with Crippen molar-refractivity contribution in [3.05, 3.63) is 58.9 Å². The van der Waals surface area contributed by atoms with Crippen LogP contribution in [0.4, 0.5) is 8.78 Å². The standard InChI is InChI=1S/C20H25F2N3O/c1-15-11-18(12-16(2)19(15)26-20(21)22)14-25-9-7-24(8-10-25)13-17-3-5-23-6-4-17/h3-6,11-12,20H,7-10,13-14H2,1-2H3. The zero-order valence-corrected chi connectivity index (χ0v) is 15.3. The first-order valence-corrected chi connectivity index (χ1v) is 8.90. The average molecular weight is 361 g/mol. The van der Waals surface area contributed by atoms with Gasteiger partial charge in [-0.25, -0.2) is 0 Å². The molecule has 3 rings (SSSR count). The molecular formula is C20H25F2N3O. The highest BCUT2D eigenvalue weighted by Gasteiger charge is 2.18. The summed E-state index contributed by atoms with van der Waals surface area (Å²) in [6.45, 7) is 6.68. The number of nitrogens with zero attached hydrogens (tertiary/aromatic N) is 3. The van der Waals surface area contributed by atoms with E-state index in [1.54, 1.807) is 0 Å². The first-order valence-electron chi connectivity index (χ1n) is 8.90. The molecule has 1 aromatic heterocycles. The van der Waals surface area contributed by atoms with Gasteiger partial charge in [-0.15, -0.1) is 0 Å². The molecule has 2 aromatic rings. The van der Waals surface area contributed by atoms with Crippen molar-refractivity contribution in [3.8, 4) is 5.75 Å². The van der Waals surface area contributed by atoms with E-state index in [0.29, 0.717) is 5.75 Å². The maximum atomic E-state index is 12.5. The molecule has 4 nitrogen and oxygen atoms in total. The van der Waals surface area contributed by atoms with Crippen LogP contribution in [-0.4, -0.2) is 47.6 Å². The van der Waals surface area contributed by atoms with Crippen molar-refractivity contribution in [1.29, 1.82) is 0 Å². The summed E-state index contributed by atoms with van der Waals surface area (Å²) in [6.07, 6.45) is 3.66. The summed E-state index contributed by atoms with van der Waals surface area (Å²) in [6, 6.07) is 8.02. The average Bonchev–Trinajstić information content (AvgIpc) is 2.61. The molecule has 0 radical (unpaired) electrons. The Balaban J connectivity index is 1.54. The minimum atomic E-state index is -2.79. The summed E-state index contributed by atoms with van der Waals surface area (Å²) < 4.78 is 29.6. The van der Waals surface area contributed by atoms with Crippen LogP contribution in [0, 0.1) is 13.8 Å². The molecule has 0 amide bonds. The summed E-state index contributed by atoms with van der Waals surface area (Å²) >= 11 is 0. The van der Waals surface area contributed by atoms with Gasteiger partial charge in [-0.05, 0) is 48.2 Å². The van der Waals surface area contributed by atoms with Crippen molar-refractivity contribution in [3.63, 3.8) is 0 Å². The Kier molecular flexibility index (Phi) is 6.16. The third kappa shape index (κ3) is 4.99. The second kappa shape index (κ2) is 8.56. The minimum absolute atomic E-state index is 0.297. The fourth-order valence-electron chi connectivity index (χ4n) is 3.52. The largest absolute Gasteiger partial charge is 0.434 e. The molecule has 1 fully saturated rings. The molecule has 0 bridgehead atoms. The lowest BCUT2D eigenvalue weighted by molar-refractivity contribution is -0.0507. The Morgan fingerprint density at radius 1 is 0.923 bits per heavy atom. The number of piperazine rings is 1. The summed E-state index contributed by atoms with van der Waals surface area (Å²) in [5, 5.41) is 0. The molecule has 0 N–H and O–H groups in total. The van der Waals surface area contributed by atoms with E-state index in [0.717, 1.165) is 56.0 Å². The fraction of sp³-hybridized carbons (Fsp3) is 0.450. The van der Waals surface area contributed by atoms with E-state index in [2.05, 4.69) is 31.7 Å². The fourth-order valence-corrected chi connectivity index (χ4v) is 3.52. The number of pyridine rings is 1. The van der Waals surface area contributed by atoms with E-state index in [-0.39, 0.29) is 0 Å². The molecule has 26 heavy (non-hydrogen) atoms. The van der Waals surface area contributed by atoms with Crippen LogP contribution in [0.25, 0.3) is 0 Å². The molecule has 1 aliphatic rings. The number of hydrogen-bond acceptors (Lipinski definition) is 4. The van der Waals surface area contributed by atoms with Gasteiger partial charge in [0.15, 0.2) is 0 Å². The lowest BCUT2D eigenvalue weighted by atomic mass is 10.0. The molecule has 0 unspecified atom stereocenters. The lowest BCUT2D eigenvalue weighted by Gasteiger charge is -2.34. The zero-order valence-electron chi connectivity index (χ0n) is 15.3. The predicted molar refractivity (Wildman–Crippen MR) is 97.3 cm³/mol. The van der Waals surface area contributed by atoms with E-state index in [9.17, 15) is 8.78 Å². The van der Waals surface area contributed by atoms with E-state index >= 15 is 0 Å². The molecule has 2 heterocycles. The van der Waals surface area contributed by atoms with Crippen LogP contribution in [0.15, 0.2) is 36.7 Å². The first-order chi connectivity index (χ1) is 12.5. The van der Waals surface area contributed by atoms with Crippen LogP contribution in [0.3, 0.4) is 0 Å². The van der Waals surface area contributed by atoms with Crippen LogP contribution >= 0.6 is 0 Å². The van der Waals surface area contributed by atoms with Crippen LogP contribution < -0.4 is 4.74 Å². The van der Waals surface area contributed by atoms with Crippen LogP contribution in [0.5, 0.6) is 5.75 Å². The molecule has 1 saturated heterocycles. The number of aryl methyl sites for hydroxylation is 2. The van der Waals surface area contributed by atoms with Crippen molar-refractivity contribution >= 4 is 0 Å². The van der Waals surface area contributed by atoms with Crippen LogP contribution in [0.2, 0.25) is 0 Å². The Hall–Kier alpha value is -2.05. The van der Waals surface area contributed by atoms with Crippen LogP contribution in [0.1, 0.15) is 22.3 Å². The monoisotopic (exact) mass is 361 g/mol. The molecule has 1 aromatic carbocycles. The van der Waals surface area contributed by atoms with Gasteiger partial charge in [-0.1, -0.05) is 12.1 Å².